The average molecular weight is 306 g/mol. The van der Waals surface area contributed by atoms with Crippen molar-refractivity contribution in [2.75, 3.05) is 6.61 Å². The first-order valence-corrected chi connectivity index (χ1v) is 7.51. The maximum atomic E-state index is 11.7. The molecule has 1 unspecified atom stereocenters. The molecule has 1 rings (SSSR count). The molecule has 0 aromatic carbocycles. The van der Waals surface area contributed by atoms with Gasteiger partial charge in [-0.3, -0.25) is 4.79 Å². The van der Waals surface area contributed by atoms with Gasteiger partial charge < -0.3 is 29.9 Å². The van der Waals surface area contributed by atoms with E-state index < -0.39 is 43.3 Å². The molecule has 4 N–H and O–H groups in total. The van der Waals surface area contributed by atoms with Gasteiger partial charge >= 0.3 is 5.97 Å². The summed E-state index contributed by atoms with van der Waals surface area (Å²) < 4.78 is 9.89. The number of ether oxygens (including phenoxy) is 2. The predicted octanol–water partition coefficient (Wildman–Crippen LogP) is -0.310. The van der Waals surface area contributed by atoms with E-state index in [9.17, 15) is 20.1 Å². The van der Waals surface area contributed by atoms with Crippen molar-refractivity contribution in [1.82, 2.24) is 0 Å². The molecule has 1 heterocycles. The predicted molar refractivity (Wildman–Crippen MR) is 73.2 cm³/mol. The molecule has 0 bridgehead atoms. The molecule has 1 fully saturated rings. The first-order valence-electron chi connectivity index (χ1n) is 7.51. The zero-order valence-corrected chi connectivity index (χ0v) is 12.4. The highest BCUT2D eigenvalue weighted by atomic mass is 16.7. The van der Waals surface area contributed by atoms with Gasteiger partial charge in [-0.1, -0.05) is 32.6 Å². The van der Waals surface area contributed by atoms with E-state index in [2.05, 4.69) is 6.92 Å². The number of rotatable bonds is 8. The normalized spacial score (nSPS) is 32.9. The summed E-state index contributed by atoms with van der Waals surface area (Å²) in [6, 6.07) is 0. The monoisotopic (exact) mass is 306 g/mol. The van der Waals surface area contributed by atoms with Crippen LogP contribution in [-0.2, 0) is 14.3 Å². The van der Waals surface area contributed by atoms with Crippen LogP contribution in [-0.4, -0.2) is 63.7 Å². The second-order valence-electron chi connectivity index (χ2n) is 5.35. The van der Waals surface area contributed by atoms with Gasteiger partial charge in [0.1, 0.15) is 18.3 Å². The van der Waals surface area contributed by atoms with Crippen molar-refractivity contribution in [3.05, 3.63) is 0 Å². The van der Waals surface area contributed by atoms with E-state index in [4.69, 9.17) is 14.6 Å². The molecule has 124 valence electrons. The third-order valence-corrected chi connectivity index (χ3v) is 3.59. The van der Waals surface area contributed by atoms with E-state index >= 15 is 0 Å². The third-order valence-electron chi connectivity index (χ3n) is 3.59. The minimum absolute atomic E-state index is 0.194. The molecular weight excluding hydrogens is 280 g/mol. The first kappa shape index (κ1) is 18.3. The molecule has 0 aromatic heterocycles. The lowest BCUT2D eigenvalue weighted by Gasteiger charge is -2.39. The smallest absolute Gasteiger partial charge is 0.306 e. The zero-order chi connectivity index (χ0) is 15.8. The molecular formula is C14H26O7. The van der Waals surface area contributed by atoms with Crippen LogP contribution in [0.5, 0.6) is 0 Å². The fourth-order valence-corrected chi connectivity index (χ4v) is 2.28. The van der Waals surface area contributed by atoms with Crippen molar-refractivity contribution in [3.63, 3.8) is 0 Å². The molecule has 5 atom stereocenters. The summed E-state index contributed by atoms with van der Waals surface area (Å²) >= 11 is 0. The van der Waals surface area contributed by atoms with Crippen molar-refractivity contribution in [2.24, 2.45) is 0 Å². The van der Waals surface area contributed by atoms with Gasteiger partial charge in [-0.15, -0.1) is 0 Å². The Bertz CT molecular complexity index is 310. The second kappa shape index (κ2) is 9.32. The Morgan fingerprint density at radius 3 is 2.38 bits per heavy atom. The van der Waals surface area contributed by atoms with E-state index in [1.807, 2.05) is 0 Å². The van der Waals surface area contributed by atoms with Gasteiger partial charge in [0.2, 0.25) is 0 Å². The van der Waals surface area contributed by atoms with Gasteiger partial charge in [0.05, 0.1) is 6.61 Å². The highest BCUT2D eigenvalue weighted by Gasteiger charge is 2.45. The van der Waals surface area contributed by atoms with Crippen LogP contribution in [0.2, 0.25) is 0 Å². The summed E-state index contributed by atoms with van der Waals surface area (Å²) in [6.45, 7) is 1.55. The van der Waals surface area contributed by atoms with Crippen LogP contribution in [0, 0.1) is 0 Å². The Morgan fingerprint density at radius 1 is 1.10 bits per heavy atom. The Labute approximate surface area is 124 Å². The summed E-state index contributed by atoms with van der Waals surface area (Å²) in [6.07, 6.45) is -1.82. The Morgan fingerprint density at radius 2 is 1.76 bits per heavy atom. The number of hydrogen-bond donors (Lipinski definition) is 4. The van der Waals surface area contributed by atoms with E-state index in [1.165, 1.54) is 0 Å². The molecule has 21 heavy (non-hydrogen) atoms. The van der Waals surface area contributed by atoms with Crippen molar-refractivity contribution in [1.29, 1.82) is 0 Å². The van der Waals surface area contributed by atoms with Gasteiger partial charge in [-0.05, 0) is 6.42 Å². The lowest BCUT2D eigenvalue weighted by atomic mass is 9.99. The summed E-state index contributed by atoms with van der Waals surface area (Å²) in [5, 5.41) is 38.1. The highest BCUT2D eigenvalue weighted by Crippen LogP contribution is 2.22. The van der Waals surface area contributed by atoms with Gasteiger partial charge in [-0.25, -0.2) is 0 Å². The summed E-state index contributed by atoms with van der Waals surface area (Å²) in [4.78, 5) is 11.7. The largest absolute Gasteiger partial charge is 0.454 e. The molecule has 0 aliphatic carbocycles. The van der Waals surface area contributed by atoms with Crippen molar-refractivity contribution in [2.45, 2.75) is 76.2 Å². The van der Waals surface area contributed by atoms with Crippen LogP contribution in [0.15, 0.2) is 0 Å². The first-order chi connectivity index (χ1) is 10.0. The lowest BCUT2D eigenvalue weighted by Crippen LogP contribution is -2.59. The van der Waals surface area contributed by atoms with E-state index in [1.54, 1.807) is 0 Å². The van der Waals surface area contributed by atoms with Crippen molar-refractivity contribution < 1.29 is 34.7 Å². The number of hydrogen-bond acceptors (Lipinski definition) is 7. The molecule has 1 aliphatic heterocycles. The Kier molecular flexibility index (Phi) is 8.13. The van der Waals surface area contributed by atoms with E-state index in [0.29, 0.717) is 6.42 Å². The lowest BCUT2D eigenvalue weighted by molar-refractivity contribution is -0.290. The fourth-order valence-electron chi connectivity index (χ4n) is 2.28. The molecule has 0 saturated carbocycles. The Balaban J connectivity index is 2.37. The quantitative estimate of drug-likeness (QED) is 0.359. The molecule has 1 aliphatic rings. The molecule has 7 nitrogen and oxygen atoms in total. The van der Waals surface area contributed by atoms with Crippen molar-refractivity contribution in [3.8, 4) is 0 Å². The number of carbonyl (C=O) groups excluding carboxylic acids is 1. The van der Waals surface area contributed by atoms with E-state index in [-0.39, 0.29) is 6.42 Å². The number of aliphatic hydroxyl groups is 4. The SMILES string of the molecule is CCCCCCCC(=O)O[C@H]1C(O)O[C@H](CO)[C@@H](O)[C@@H]1O. The van der Waals surface area contributed by atoms with Gasteiger partial charge in [0.15, 0.2) is 12.4 Å². The molecule has 7 heteroatoms. The van der Waals surface area contributed by atoms with Crippen LogP contribution in [0.25, 0.3) is 0 Å². The number of esters is 1. The molecule has 0 radical (unpaired) electrons. The minimum Gasteiger partial charge on any atom is -0.454 e. The number of unbranched alkanes of at least 4 members (excludes halogenated alkanes) is 4. The maximum Gasteiger partial charge on any atom is 0.306 e. The Hall–Kier alpha value is -0.730. The minimum atomic E-state index is -1.57. The maximum absolute atomic E-state index is 11.7. The van der Waals surface area contributed by atoms with E-state index in [0.717, 1.165) is 25.7 Å². The topological polar surface area (TPSA) is 116 Å². The van der Waals surface area contributed by atoms with Crippen LogP contribution in [0.3, 0.4) is 0 Å². The summed E-state index contributed by atoms with van der Waals surface area (Å²) in [7, 11) is 0. The molecule has 0 amide bonds. The van der Waals surface area contributed by atoms with Crippen molar-refractivity contribution >= 4 is 5.97 Å². The summed E-state index contributed by atoms with van der Waals surface area (Å²) in [5.74, 6) is -0.548. The highest BCUT2D eigenvalue weighted by molar-refractivity contribution is 5.69. The number of carbonyl (C=O) groups is 1. The van der Waals surface area contributed by atoms with Crippen LogP contribution in [0.4, 0.5) is 0 Å². The zero-order valence-electron chi connectivity index (χ0n) is 12.4. The molecule has 0 spiro atoms. The number of aliphatic hydroxyl groups excluding tert-OH is 4. The van der Waals surface area contributed by atoms with Crippen LogP contribution >= 0.6 is 0 Å². The summed E-state index contributed by atoms with van der Waals surface area (Å²) in [5.41, 5.74) is 0. The molecule has 0 aromatic rings. The standard InChI is InChI=1S/C14H26O7/c1-2-3-4-5-6-7-10(16)21-13-12(18)11(17)9(8-15)20-14(13)19/h9,11-15,17-19H,2-8H2,1H3/t9-,11-,12+,13-,14?/m1/s1. The van der Waals surface area contributed by atoms with Gasteiger partial charge in [0.25, 0.3) is 0 Å². The van der Waals surface area contributed by atoms with Crippen LogP contribution < -0.4 is 0 Å². The van der Waals surface area contributed by atoms with Gasteiger partial charge in [0, 0.05) is 6.42 Å². The third kappa shape index (κ3) is 5.52. The average Bonchev–Trinajstić information content (AvgIpc) is 2.47. The van der Waals surface area contributed by atoms with Crippen LogP contribution in [0.1, 0.15) is 45.4 Å². The fraction of sp³-hybridized carbons (Fsp3) is 0.929. The molecule has 1 saturated heterocycles. The second-order valence-corrected chi connectivity index (χ2v) is 5.35. The van der Waals surface area contributed by atoms with Gasteiger partial charge in [-0.2, -0.15) is 0 Å².